The van der Waals surface area contributed by atoms with E-state index in [2.05, 4.69) is 45.7 Å². The van der Waals surface area contributed by atoms with Crippen LogP contribution in [0.5, 0.6) is 0 Å². The number of aliphatic imine (C=N–C) groups is 1. The highest BCUT2D eigenvalue weighted by atomic mass is 32.2. The predicted molar refractivity (Wildman–Crippen MR) is 114 cm³/mol. The van der Waals surface area contributed by atoms with E-state index < -0.39 is 0 Å². The lowest BCUT2D eigenvalue weighted by molar-refractivity contribution is 0.0827. The summed E-state index contributed by atoms with van der Waals surface area (Å²) in [5, 5.41) is 3.38. The van der Waals surface area contributed by atoms with Gasteiger partial charge in [0.15, 0.2) is 5.96 Å². The van der Waals surface area contributed by atoms with Crippen molar-refractivity contribution in [3.05, 3.63) is 65.2 Å². The average Bonchev–Trinajstić information content (AvgIpc) is 2.69. The fourth-order valence-corrected chi connectivity index (χ4v) is 3.08. The van der Waals surface area contributed by atoms with Crippen molar-refractivity contribution in [3.63, 3.8) is 0 Å². The third-order valence-electron chi connectivity index (χ3n) is 4.21. The van der Waals surface area contributed by atoms with Crippen molar-refractivity contribution in [2.75, 3.05) is 34.4 Å². The van der Waals surface area contributed by atoms with Crippen LogP contribution in [-0.2, 0) is 13.1 Å². The van der Waals surface area contributed by atoms with Crippen LogP contribution in [0.15, 0.2) is 58.4 Å². The monoisotopic (exact) mass is 384 g/mol. The molecular weight excluding hydrogens is 356 g/mol. The first-order chi connectivity index (χ1) is 12.9. The Kier molecular flexibility index (Phi) is 7.73. The molecule has 2 rings (SSSR count). The van der Waals surface area contributed by atoms with E-state index in [9.17, 15) is 4.79 Å². The molecule has 0 spiro atoms. The lowest BCUT2D eigenvalue weighted by Gasteiger charge is -2.22. The summed E-state index contributed by atoms with van der Waals surface area (Å²) in [5.74, 6) is 0.843. The highest BCUT2D eigenvalue weighted by Gasteiger charge is 2.09. The van der Waals surface area contributed by atoms with Crippen LogP contribution in [0, 0.1) is 0 Å². The van der Waals surface area contributed by atoms with Gasteiger partial charge in [0, 0.05) is 51.7 Å². The Labute approximate surface area is 166 Å². The van der Waals surface area contributed by atoms with Gasteiger partial charge in [-0.15, -0.1) is 11.8 Å². The van der Waals surface area contributed by atoms with Crippen molar-refractivity contribution in [2.45, 2.75) is 18.0 Å². The van der Waals surface area contributed by atoms with Gasteiger partial charge >= 0.3 is 0 Å². The van der Waals surface area contributed by atoms with Crippen LogP contribution in [0.25, 0.3) is 0 Å². The van der Waals surface area contributed by atoms with Gasteiger partial charge in [-0.05, 0) is 41.6 Å². The van der Waals surface area contributed by atoms with E-state index in [1.807, 2.05) is 31.3 Å². The predicted octanol–water partition coefficient (Wildman–Crippen LogP) is 3.32. The maximum atomic E-state index is 12.0. The number of carbonyl (C=O) groups is 1. The highest BCUT2D eigenvalue weighted by molar-refractivity contribution is 7.98. The number of hydrogen-bond acceptors (Lipinski definition) is 3. The fraction of sp³-hybridized carbons (Fsp3) is 0.333. The molecule has 27 heavy (non-hydrogen) atoms. The lowest BCUT2D eigenvalue weighted by atomic mass is 10.1. The van der Waals surface area contributed by atoms with Crippen molar-refractivity contribution in [2.24, 2.45) is 4.99 Å². The van der Waals surface area contributed by atoms with Crippen LogP contribution in [0.1, 0.15) is 21.5 Å². The standard InChI is InChI=1S/C21H28N4OS/c1-22-21(25(4)15-17-8-12-19(27-5)13-9-17)23-14-16-6-10-18(11-7-16)20(26)24(2)3/h6-13H,14-15H2,1-5H3,(H,22,23). The van der Waals surface area contributed by atoms with Gasteiger partial charge in [0.05, 0.1) is 0 Å². The number of guanidine groups is 1. The summed E-state index contributed by atoms with van der Waals surface area (Å²) in [6.07, 6.45) is 2.08. The SMILES string of the molecule is CN=C(NCc1ccc(C(=O)N(C)C)cc1)N(C)Cc1ccc(SC)cc1. The largest absolute Gasteiger partial charge is 0.352 e. The number of rotatable bonds is 6. The molecule has 1 N–H and O–H groups in total. The number of amides is 1. The van der Waals surface area contributed by atoms with E-state index in [-0.39, 0.29) is 5.91 Å². The molecule has 0 heterocycles. The molecule has 2 aromatic carbocycles. The van der Waals surface area contributed by atoms with E-state index in [0.717, 1.165) is 18.1 Å². The minimum Gasteiger partial charge on any atom is -0.352 e. The molecule has 144 valence electrons. The molecular formula is C21H28N4OS. The van der Waals surface area contributed by atoms with E-state index in [0.29, 0.717) is 12.1 Å². The summed E-state index contributed by atoms with van der Waals surface area (Å²) in [4.78, 5) is 21.3. The van der Waals surface area contributed by atoms with Gasteiger partial charge in [0.1, 0.15) is 0 Å². The maximum absolute atomic E-state index is 12.0. The Morgan fingerprint density at radius 2 is 1.59 bits per heavy atom. The molecule has 0 radical (unpaired) electrons. The Hall–Kier alpha value is -2.47. The highest BCUT2D eigenvalue weighted by Crippen LogP contribution is 2.15. The Morgan fingerprint density at radius 1 is 1.00 bits per heavy atom. The number of nitrogens with one attached hydrogen (secondary N) is 1. The van der Waals surface area contributed by atoms with Gasteiger partial charge in [-0.2, -0.15) is 0 Å². The second-order valence-electron chi connectivity index (χ2n) is 6.50. The minimum atomic E-state index is 0.0116. The second kappa shape index (κ2) is 10.0. The van der Waals surface area contributed by atoms with Gasteiger partial charge < -0.3 is 15.1 Å². The second-order valence-corrected chi connectivity index (χ2v) is 7.38. The Bertz CT molecular complexity index is 770. The quantitative estimate of drug-likeness (QED) is 0.472. The van der Waals surface area contributed by atoms with Crippen LogP contribution in [0.2, 0.25) is 0 Å². The van der Waals surface area contributed by atoms with E-state index in [1.165, 1.54) is 10.5 Å². The van der Waals surface area contributed by atoms with Crippen molar-refractivity contribution >= 4 is 23.6 Å². The van der Waals surface area contributed by atoms with Crippen molar-refractivity contribution in [1.29, 1.82) is 0 Å². The first-order valence-electron chi connectivity index (χ1n) is 8.80. The van der Waals surface area contributed by atoms with Gasteiger partial charge in [-0.1, -0.05) is 24.3 Å². The number of benzene rings is 2. The first kappa shape index (κ1) is 20.8. The zero-order valence-corrected chi connectivity index (χ0v) is 17.5. The number of nitrogens with zero attached hydrogens (tertiary/aromatic N) is 3. The Balaban J connectivity index is 1.93. The zero-order chi connectivity index (χ0) is 19.8. The molecule has 0 fully saturated rings. The summed E-state index contributed by atoms with van der Waals surface area (Å²) < 4.78 is 0. The Morgan fingerprint density at radius 3 is 2.11 bits per heavy atom. The van der Waals surface area contributed by atoms with Crippen LogP contribution in [0.4, 0.5) is 0 Å². The summed E-state index contributed by atoms with van der Waals surface area (Å²) in [5.41, 5.74) is 3.04. The van der Waals surface area contributed by atoms with E-state index in [1.54, 1.807) is 37.8 Å². The minimum absolute atomic E-state index is 0.0116. The van der Waals surface area contributed by atoms with Crippen molar-refractivity contribution in [1.82, 2.24) is 15.1 Å². The lowest BCUT2D eigenvalue weighted by Crippen LogP contribution is -2.38. The topological polar surface area (TPSA) is 47.9 Å². The third kappa shape index (κ3) is 6.03. The van der Waals surface area contributed by atoms with Gasteiger partial charge in [0.2, 0.25) is 0 Å². The normalized spacial score (nSPS) is 11.2. The third-order valence-corrected chi connectivity index (χ3v) is 4.95. The van der Waals surface area contributed by atoms with E-state index >= 15 is 0 Å². The number of thioether (sulfide) groups is 1. The zero-order valence-electron chi connectivity index (χ0n) is 16.7. The molecule has 0 aliphatic rings. The van der Waals surface area contributed by atoms with Gasteiger partial charge in [0.25, 0.3) is 5.91 Å². The molecule has 1 amide bonds. The molecule has 0 aromatic heterocycles. The molecule has 0 saturated heterocycles. The van der Waals surface area contributed by atoms with Gasteiger partial charge in [-0.25, -0.2) is 0 Å². The molecule has 0 aliphatic carbocycles. The summed E-state index contributed by atoms with van der Waals surface area (Å²) >= 11 is 1.74. The summed E-state index contributed by atoms with van der Waals surface area (Å²) in [6.45, 7) is 1.43. The molecule has 5 nitrogen and oxygen atoms in total. The number of hydrogen-bond donors (Lipinski definition) is 1. The molecule has 6 heteroatoms. The van der Waals surface area contributed by atoms with Crippen molar-refractivity contribution in [3.8, 4) is 0 Å². The first-order valence-corrected chi connectivity index (χ1v) is 10.0. The van der Waals surface area contributed by atoms with Crippen LogP contribution in [-0.4, -0.2) is 56.1 Å². The molecule has 0 unspecified atom stereocenters. The number of carbonyl (C=O) groups excluding carboxylic acids is 1. The van der Waals surface area contributed by atoms with Gasteiger partial charge in [-0.3, -0.25) is 9.79 Å². The summed E-state index contributed by atoms with van der Waals surface area (Å²) in [6, 6.07) is 16.2. The maximum Gasteiger partial charge on any atom is 0.253 e. The fourth-order valence-electron chi connectivity index (χ4n) is 2.67. The molecule has 0 saturated carbocycles. The average molecular weight is 385 g/mol. The molecule has 0 atom stereocenters. The van der Waals surface area contributed by atoms with Crippen LogP contribution < -0.4 is 5.32 Å². The van der Waals surface area contributed by atoms with E-state index in [4.69, 9.17) is 0 Å². The summed E-state index contributed by atoms with van der Waals surface area (Å²) in [7, 11) is 7.32. The molecule has 0 aliphatic heterocycles. The van der Waals surface area contributed by atoms with Crippen LogP contribution in [0.3, 0.4) is 0 Å². The van der Waals surface area contributed by atoms with Crippen LogP contribution >= 0.6 is 11.8 Å². The molecule has 0 bridgehead atoms. The molecule has 2 aromatic rings. The van der Waals surface area contributed by atoms with Crippen molar-refractivity contribution < 1.29 is 4.79 Å². The smallest absolute Gasteiger partial charge is 0.253 e.